The maximum Gasteiger partial charge on any atom is 0.288 e. The van der Waals surface area contributed by atoms with Crippen LogP contribution >= 0.6 is 11.6 Å². The Hall–Kier alpha value is -1.49. The van der Waals surface area contributed by atoms with Gasteiger partial charge in [0.05, 0.1) is 10.5 Å². The van der Waals surface area contributed by atoms with Crippen molar-refractivity contribution in [3.63, 3.8) is 0 Å². The number of carbonyl (C=O) groups excluding carboxylic acids is 1. The van der Waals surface area contributed by atoms with Gasteiger partial charge < -0.3 is 0 Å². The minimum atomic E-state index is -0.663. The highest BCUT2D eigenvalue weighted by molar-refractivity contribution is 6.31. The molecule has 0 amide bonds. The number of hydrogen-bond donors (Lipinski definition) is 0. The molecule has 12 heavy (non-hydrogen) atoms. The molecule has 1 rings (SSSR count). The van der Waals surface area contributed by atoms with Gasteiger partial charge in [0.1, 0.15) is 11.3 Å². The highest BCUT2D eigenvalue weighted by Crippen LogP contribution is 2.16. The van der Waals surface area contributed by atoms with E-state index in [0.29, 0.717) is 0 Å². The van der Waals surface area contributed by atoms with Gasteiger partial charge in [-0.05, 0) is 0 Å². The van der Waals surface area contributed by atoms with E-state index in [1.54, 1.807) is 0 Å². The van der Waals surface area contributed by atoms with Crippen molar-refractivity contribution in [2.75, 3.05) is 0 Å². The molecule has 1 aromatic rings. The molecule has 1 aromatic heterocycles. The number of nitro groups is 1. The fourth-order valence-corrected chi connectivity index (χ4v) is 0.750. The van der Waals surface area contributed by atoms with E-state index in [-0.39, 0.29) is 16.4 Å². The van der Waals surface area contributed by atoms with Crippen LogP contribution in [-0.4, -0.2) is 16.2 Å². The number of halogens is 1. The summed E-state index contributed by atoms with van der Waals surface area (Å²) in [5.74, 6) is 0. The Balaban J connectivity index is 3.22. The van der Waals surface area contributed by atoms with Crippen LogP contribution in [0.5, 0.6) is 0 Å². The molecular formula is C6H2ClN2O3. The minimum Gasteiger partial charge on any atom is -0.285 e. The molecular weight excluding hydrogens is 184 g/mol. The molecule has 0 N–H and O–H groups in total. The summed E-state index contributed by atoms with van der Waals surface area (Å²) in [5, 5.41) is 10.1. The Labute approximate surface area is 72.1 Å². The third kappa shape index (κ3) is 1.57. The number of pyridine rings is 1. The van der Waals surface area contributed by atoms with Crippen LogP contribution in [0.3, 0.4) is 0 Å². The number of aromatic nitrogens is 1. The first kappa shape index (κ1) is 8.61. The van der Waals surface area contributed by atoms with E-state index in [2.05, 4.69) is 4.98 Å². The van der Waals surface area contributed by atoms with Crippen LogP contribution in [0.4, 0.5) is 5.69 Å². The lowest BCUT2D eigenvalue weighted by molar-refractivity contribution is -0.385. The number of nitrogens with zero attached hydrogens (tertiary/aromatic N) is 2. The maximum absolute atomic E-state index is 10.2. The van der Waals surface area contributed by atoms with E-state index in [4.69, 9.17) is 11.6 Å². The van der Waals surface area contributed by atoms with Gasteiger partial charge in [-0.2, -0.15) is 0 Å². The summed E-state index contributed by atoms with van der Waals surface area (Å²) >= 11 is 5.40. The molecule has 0 aromatic carbocycles. The lowest BCUT2D eigenvalue weighted by Gasteiger charge is -1.92. The van der Waals surface area contributed by atoms with Crippen LogP contribution in [0, 0.1) is 10.1 Å². The van der Waals surface area contributed by atoms with Crippen molar-refractivity contribution in [1.29, 1.82) is 0 Å². The molecule has 0 fully saturated rings. The van der Waals surface area contributed by atoms with Gasteiger partial charge in [0.25, 0.3) is 5.69 Å². The molecule has 1 heterocycles. The molecule has 0 aliphatic carbocycles. The van der Waals surface area contributed by atoms with E-state index < -0.39 is 4.92 Å². The molecule has 0 bridgehead atoms. The summed E-state index contributed by atoms with van der Waals surface area (Å²) in [6.07, 6.45) is 2.42. The van der Waals surface area contributed by atoms with Crippen LogP contribution in [0.1, 0.15) is 5.56 Å². The molecule has 61 valence electrons. The van der Waals surface area contributed by atoms with Gasteiger partial charge in [-0.1, -0.05) is 11.6 Å². The van der Waals surface area contributed by atoms with Crippen molar-refractivity contribution >= 4 is 23.6 Å². The van der Waals surface area contributed by atoms with E-state index >= 15 is 0 Å². The molecule has 6 heteroatoms. The second-order valence-corrected chi connectivity index (χ2v) is 2.25. The molecule has 0 unspecified atom stereocenters. The average Bonchev–Trinajstić information content (AvgIpc) is 2.05. The fourth-order valence-electron chi connectivity index (χ4n) is 0.608. The zero-order valence-electron chi connectivity index (χ0n) is 5.65. The molecule has 1 radical (unpaired) electrons. The molecule has 0 saturated carbocycles. The van der Waals surface area contributed by atoms with Gasteiger partial charge >= 0.3 is 0 Å². The van der Waals surface area contributed by atoms with E-state index in [1.807, 2.05) is 0 Å². The predicted octanol–water partition coefficient (Wildman–Crippen LogP) is 1.10. The van der Waals surface area contributed by atoms with E-state index in [0.717, 1.165) is 12.3 Å². The van der Waals surface area contributed by atoms with Crippen LogP contribution in [0.15, 0.2) is 12.3 Å². The zero-order valence-corrected chi connectivity index (χ0v) is 6.41. The van der Waals surface area contributed by atoms with Crippen molar-refractivity contribution in [3.8, 4) is 0 Å². The molecule has 5 nitrogen and oxygen atoms in total. The van der Waals surface area contributed by atoms with Gasteiger partial charge in [-0.3, -0.25) is 14.9 Å². The van der Waals surface area contributed by atoms with Gasteiger partial charge in [0.15, 0.2) is 0 Å². The summed E-state index contributed by atoms with van der Waals surface area (Å²) < 4.78 is 0. The largest absolute Gasteiger partial charge is 0.288 e. The minimum absolute atomic E-state index is 0.0874. The summed E-state index contributed by atoms with van der Waals surface area (Å²) in [5.41, 5.74) is -0.386. The van der Waals surface area contributed by atoms with E-state index in [1.165, 1.54) is 6.29 Å². The lowest BCUT2D eigenvalue weighted by Crippen LogP contribution is -1.92. The number of hydrogen-bond acceptors (Lipinski definition) is 4. The van der Waals surface area contributed by atoms with E-state index in [9.17, 15) is 14.9 Å². The summed E-state index contributed by atoms with van der Waals surface area (Å²) in [4.78, 5) is 23.1. The third-order valence-electron chi connectivity index (χ3n) is 1.15. The van der Waals surface area contributed by atoms with Crippen LogP contribution < -0.4 is 0 Å². The summed E-state index contributed by atoms with van der Waals surface area (Å²) in [7, 11) is 0. The average molecular weight is 186 g/mol. The fraction of sp³-hybridized carbons (Fsp3) is 0. The van der Waals surface area contributed by atoms with Crippen molar-refractivity contribution in [3.05, 3.63) is 33.1 Å². The van der Waals surface area contributed by atoms with Gasteiger partial charge in [0.2, 0.25) is 6.29 Å². The first-order valence-corrected chi connectivity index (χ1v) is 3.21. The van der Waals surface area contributed by atoms with Crippen molar-refractivity contribution in [1.82, 2.24) is 4.98 Å². The summed E-state index contributed by atoms with van der Waals surface area (Å²) in [6.45, 7) is 0. The second-order valence-electron chi connectivity index (χ2n) is 1.89. The first-order chi connectivity index (χ1) is 5.65. The highest BCUT2D eigenvalue weighted by atomic mass is 35.5. The SMILES string of the molecule is O=[C]c1cc([N+](=O)[O-])cnc1Cl. The lowest BCUT2D eigenvalue weighted by atomic mass is 10.3. The molecule has 0 spiro atoms. The first-order valence-electron chi connectivity index (χ1n) is 2.83. The quantitative estimate of drug-likeness (QED) is 0.393. The highest BCUT2D eigenvalue weighted by Gasteiger charge is 2.10. The van der Waals surface area contributed by atoms with Crippen molar-refractivity contribution < 1.29 is 9.72 Å². The predicted molar refractivity (Wildman–Crippen MR) is 40.7 cm³/mol. The van der Waals surface area contributed by atoms with Crippen LogP contribution in [0.2, 0.25) is 5.15 Å². The molecule has 0 aliphatic heterocycles. The third-order valence-corrected chi connectivity index (χ3v) is 1.45. The topological polar surface area (TPSA) is 73.1 Å². The van der Waals surface area contributed by atoms with Crippen molar-refractivity contribution in [2.24, 2.45) is 0 Å². The van der Waals surface area contributed by atoms with Gasteiger partial charge in [-0.15, -0.1) is 0 Å². The Kier molecular flexibility index (Phi) is 2.35. The zero-order chi connectivity index (χ0) is 9.14. The van der Waals surface area contributed by atoms with Gasteiger partial charge in [-0.25, -0.2) is 4.98 Å². The Bertz CT molecular complexity index is 340. The van der Waals surface area contributed by atoms with Crippen LogP contribution in [-0.2, 0) is 4.79 Å². The monoisotopic (exact) mass is 185 g/mol. The normalized spacial score (nSPS) is 9.42. The smallest absolute Gasteiger partial charge is 0.285 e. The van der Waals surface area contributed by atoms with Crippen molar-refractivity contribution in [2.45, 2.75) is 0 Å². The molecule has 0 saturated heterocycles. The Morgan fingerprint density at radius 2 is 2.33 bits per heavy atom. The Morgan fingerprint density at radius 1 is 1.67 bits per heavy atom. The van der Waals surface area contributed by atoms with Gasteiger partial charge in [0, 0.05) is 6.07 Å². The second kappa shape index (κ2) is 3.27. The number of rotatable bonds is 2. The standard InChI is InChI=1S/C6H2ClN2O3/c7-6-4(3-10)1-5(2-8-6)9(11)12/h1-2H. The summed E-state index contributed by atoms with van der Waals surface area (Å²) in [6, 6.07) is 1.02. The van der Waals surface area contributed by atoms with Crippen LogP contribution in [0.25, 0.3) is 0 Å². The maximum atomic E-state index is 10.2. The Morgan fingerprint density at radius 3 is 2.83 bits per heavy atom. The molecule has 0 atom stereocenters. The molecule has 0 aliphatic rings.